The highest BCUT2D eigenvalue weighted by Gasteiger charge is 2.28. The highest BCUT2D eigenvalue weighted by atomic mass is 35.5. The zero-order valence-electron chi connectivity index (χ0n) is 17.8. The van der Waals surface area contributed by atoms with Crippen molar-refractivity contribution < 1.29 is 27.4 Å². The minimum atomic E-state index is -4.09. The third kappa shape index (κ3) is 6.75. The summed E-state index contributed by atoms with van der Waals surface area (Å²) in [5.41, 5.74) is 0.309. The number of ether oxygens (including phenoxy) is 3. The van der Waals surface area contributed by atoms with Crippen LogP contribution in [-0.2, 0) is 19.6 Å². The van der Waals surface area contributed by atoms with Gasteiger partial charge in [-0.15, -0.1) is 0 Å². The standard InChI is InChI=1S/C21H27ClN2O6S/c1-4-30-13-5-12-23-21(25)15-24(17-8-6-16(22)7-9-17)31(26,27)18-10-11-19(28-2)20(14-18)29-3/h6-11,14H,4-5,12-13,15H2,1-3H3,(H,23,25). The molecule has 1 N–H and O–H groups in total. The van der Waals surface area contributed by atoms with Gasteiger partial charge in [0.15, 0.2) is 11.5 Å². The highest BCUT2D eigenvalue weighted by Crippen LogP contribution is 2.32. The van der Waals surface area contributed by atoms with Crippen molar-refractivity contribution in [1.82, 2.24) is 5.32 Å². The summed E-state index contributed by atoms with van der Waals surface area (Å²) in [6.45, 7) is 2.99. The molecule has 0 radical (unpaired) electrons. The number of hydrogen-bond acceptors (Lipinski definition) is 6. The van der Waals surface area contributed by atoms with Crippen LogP contribution in [0.25, 0.3) is 0 Å². The first-order valence-corrected chi connectivity index (χ1v) is 11.5. The molecule has 0 atom stereocenters. The van der Waals surface area contributed by atoms with Gasteiger partial charge in [-0.25, -0.2) is 8.42 Å². The zero-order chi connectivity index (χ0) is 22.9. The van der Waals surface area contributed by atoms with Crippen LogP contribution in [0.2, 0.25) is 5.02 Å². The minimum absolute atomic E-state index is 0.0377. The van der Waals surface area contributed by atoms with E-state index in [1.165, 1.54) is 32.4 Å². The number of rotatable bonds is 12. The number of methoxy groups -OCH3 is 2. The number of anilines is 1. The number of carbonyl (C=O) groups is 1. The lowest BCUT2D eigenvalue weighted by Crippen LogP contribution is -2.41. The third-order valence-electron chi connectivity index (χ3n) is 4.34. The van der Waals surface area contributed by atoms with E-state index in [4.69, 9.17) is 25.8 Å². The molecule has 0 unspecified atom stereocenters. The van der Waals surface area contributed by atoms with Crippen LogP contribution in [0.1, 0.15) is 13.3 Å². The lowest BCUT2D eigenvalue weighted by molar-refractivity contribution is -0.119. The largest absolute Gasteiger partial charge is 0.493 e. The van der Waals surface area contributed by atoms with Crippen molar-refractivity contribution >= 4 is 33.2 Å². The monoisotopic (exact) mass is 470 g/mol. The van der Waals surface area contributed by atoms with Gasteiger partial charge in [0.05, 0.1) is 24.8 Å². The van der Waals surface area contributed by atoms with E-state index in [1.807, 2.05) is 6.92 Å². The Labute approximate surface area is 188 Å². The molecule has 0 bridgehead atoms. The highest BCUT2D eigenvalue weighted by molar-refractivity contribution is 7.92. The Kier molecular flexibility index (Phi) is 9.42. The summed E-state index contributed by atoms with van der Waals surface area (Å²) < 4.78 is 43.5. The molecule has 0 aliphatic heterocycles. The maximum Gasteiger partial charge on any atom is 0.264 e. The van der Waals surface area contributed by atoms with Crippen LogP contribution in [-0.4, -0.2) is 54.8 Å². The topological polar surface area (TPSA) is 94.2 Å². The number of carbonyl (C=O) groups excluding carboxylic acids is 1. The van der Waals surface area contributed by atoms with Gasteiger partial charge in [0.1, 0.15) is 6.54 Å². The van der Waals surface area contributed by atoms with Crippen LogP contribution in [0.3, 0.4) is 0 Å². The normalized spacial score (nSPS) is 11.1. The maximum absolute atomic E-state index is 13.4. The van der Waals surface area contributed by atoms with Crippen molar-refractivity contribution in [2.45, 2.75) is 18.2 Å². The van der Waals surface area contributed by atoms with Crippen molar-refractivity contribution in [3.63, 3.8) is 0 Å². The fraction of sp³-hybridized carbons (Fsp3) is 0.381. The van der Waals surface area contributed by atoms with Gasteiger partial charge in [0.25, 0.3) is 10.0 Å². The first kappa shape index (κ1) is 24.8. The molecule has 0 aromatic heterocycles. The van der Waals surface area contributed by atoms with Gasteiger partial charge in [-0.1, -0.05) is 11.6 Å². The first-order valence-electron chi connectivity index (χ1n) is 9.68. The Balaban J connectivity index is 2.31. The smallest absolute Gasteiger partial charge is 0.264 e. The molecule has 170 valence electrons. The predicted octanol–water partition coefficient (Wildman–Crippen LogP) is 3.10. The number of amides is 1. The van der Waals surface area contributed by atoms with Gasteiger partial charge >= 0.3 is 0 Å². The van der Waals surface area contributed by atoms with Gasteiger partial charge in [0, 0.05) is 30.8 Å². The molecule has 0 saturated carbocycles. The Morgan fingerprint density at radius 2 is 1.74 bits per heavy atom. The van der Waals surface area contributed by atoms with Crippen LogP contribution in [0.5, 0.6) is 11.5 Å². The van der Waals surface area contributed by atoms with E-state index in [2.05, 4.69) is 5.32 Å². The van der Waals surface area contributed by atoms with Crippen molar-refractivity contribution in [2.75, 3.05) is 44.8 Å². The fourth-order valence-corrected chi connectivity index (χ4v) is 4.32. The van der Waals surface area contributed by atoms with Gasteiger partial charge in [-0.2, -0.15) is 0 Å². The van der Waals surface area contributed by atoms with Crippen molar-refractivity contribution in [3.05, 3.63) is 47.5 Å². The van der Waals surface area contributed by atoms with Crippen LogP contribution >= 0.6 is 11.6 Å². The van der Waals surface area contributed by atoms with E-state index in [-0.39, 0.29) is 10.6 Å². The second kappa shape index (κ2) is 11.8. The summed E-state index contributed by atoms with van der Waals surface area (Å²) in [6, 6.07) is 10.5. The van der Waals surface area contributed by atoms with Gasteiger partial charge in [0.2, 0.25) is 5.91 Å². The summed E-state index contributed by atoms with van der Waals surface area (Å²) >= 11 is 5.95. The van der Waals surface area contributed by atoms with Crippen LogP contribution in [0.15, 0.2) is 47.4 Å². The molecule has 0 aliphatic carbocycles. The molecule has 0 fully saturated rings. The lowest BCUT2D eigenvalue weighted by atomic mass is 10.3. The first-order chi connectivity index (χ1) is 14.8. The van der Waals surface area contributed by atoms with Gasteiger partial charge in [-0.05, 0) is 49.7 Å². The molecule has 10 heteroatoms. The number of sulfonamides is 1. The fourth-order valence-electron chi connectivity index (χ4n) is 2.76. The predicted molar refractivity (Wildman–Crippen MR) is 120 cm³/mol. The van der Waals surface area contributed by atoms with Gasteiger partial charge in [-0.3, -0.25) is 9.10 Å². The number of nitrogens with one attached hydrogen (secondary N) is 1. The van der Waals surface area contributed by atoms with Crippen molar-refractivity contribution in [1.29, 1.82) is 0 Å². The number of benzene rings is 2. The molecule has 0 saturated heterocycles. The zero-order valence-corrected chi connectivity index (χ0v) is 19.3. The average Bonchev–Trinajstić information content (AvgIpc) is 2.77. The summed E-state index contributed by atoms with van der Waals surface area (Å²) in [7, 11) is -1.21. The van der Waals surface area contributed by atoms with E-state index in [0.29, 0.717) is 42.6 Å². The molecule has 8 nitrogen and oxygen atoms in total. The molecule has 0 heterocycles. The number of nitrogens with zero attached hydrogens (tertiary/aromatic N) is 1. The molecule has 2 rings (SSSR count). The summed E-state index contributed by atoms with van der Waals surface area (Å²) in [5, 5.41) is 3.17. The Morgan fingerprint density at radius 1 is 1.06 bits per heavy atom. The molecule has 2 aromatic carbocycles. The quantitative estimate of drug-likeness (QED) is 0.479. The maximum atomic E-state index is 13.4. The van der Waals surface area contributed by atoms with Crippen LogP contribution < -0.4 is 19.1 Å². The van der Waals surface area contributed by atoms with E-state index in [0.717, 1.165) is 4.31 Å². The van der Waals surface area contributed by atoms with Crippen molar-refractivity contribution in [2.24, 2.45) is 0 Å². The SMILES string of the molecule is CCOCCCNC(=O)CN(c1ccc(Cl)cc1)S(=O)(=O)c1ccc(OC)c(OC)c1. The summed E-state index contributed by atoms with van der Waals surface area (Å²) in [5.74, 6) is 0.224. The van der Waals surface area contributed by atoms with Crippen molar-refractivity contribution in [3.8, 4) is 11.5 Å². The number of hydrogen-bond donors (Lipinski definition) is 1. The molecular weight excluding hydrogens is 444 g/mol. The Bertz CT molecular complexity index is 966. The molecular formula is C21H27ClN2O6S. The molecule has 2 aromatic rings. The van der Waals surface area contributed by atoms with Crippen LogP contribution in [0, 0.1) is 0 Å². The second-order valence-electron chi connectivity index (χ2n) is 6.41. The summed E-state index contributed by atoms with van der Waals surface area (Å²) in [6.07, 6.45) is 0.628. The Hall–Kier alpha value is -2.49. The number of halogens is 1. The average molecular weight is 471 g/mol. The Morgan fingerprint density at radius 3 is 2.35 bits per heavy atom. The molecule has 1 amide bonds. The van der Waals surface area contributed by atoms with Gasteiger partial charge < -0.3 is 19.5 Å². The van der Waals surface area contributed by atoms with E-state index in [9.17, 15) is 13.2 Å². The molecule has 0 aliphatic rings. The lowest BCUT2D eigenvalue weighted by Gasteiger charge is -2.24. The van der Waals surface area contributed by atoms with Crippen LogP contribution in [0.4, 0.5) is 5.69 Å². The molecule has 31 heavy (non-hydrogen) atoms. The van der Waals surface area contributed by atoms with E-state index in [1.54, 1.807) is 24.3 Å². The third-order valence-corrected chi connectivity index (χ3v) is 6.36. The van der Waals surface area contributed by atoms with E-state index < -0.39 is 22.5 Å². The minimum Gasteiger partial charge on any atom is -0.493 e. The molecule has 0 spiro atoms. The summed E-state index contributed by atoms with van der Waals surface area (Å²) in [4.78, 5) is 12.5. The van der Waals surface area contributed by atoms with E-state index >= 15 is 0 Å². The second-order valence-corrected chi connectivity index (χ2v) is 8.70.